The molecule has 2 aromatic carbocycles. The molecule has 0 radical (unpaired) electrons. The standard InChI is InChI=1S/C24H23FN6O/c1-29-13-19(16-6-3-2-4-7-16)20(14-29)23-27-28-24(32)31(23)22-15-30(11-5-10-26)21-9-8-17(25)12-18(21)22/h2-4,6-9,12-15H,5,10-11,26H2,1H3,(H,28,32). The quantitative estimate of drug-likeness (QED) is 0.431. The van der Waals surface area contributed by atoms with Gasteiger partial charge in [-0.3, -0.25) is 0 Å². The Morgan fingerprint density at radius 1 is 1.06 bits per heavy atom. The van der Waals surface area contributed by atoms with Gasteiger partial charge in [-0.15, -0.1) is 0 Å². The third kappa shape index (κ3) is 3.34. The minimum absolute atomic E-state index is 0.363. The van der Waals surface area contributed by atoms with Crippen LogP contribution in [0.15, 0.2) is 71.9 Å². The fourth-order valence-corrected chi connectivity index (χ4v) is 4.19. The first-order valence-electron chi connectivity index (χ1n) is 10.4. The van der Waals surface area contributed by atoms with Crippen molar-refractivity contribution in [3.8, 4) is 28.2 Å². The monoisotopic (exact) mass is 430 g/mol. The van der Waals surface area contributed by atoms with Gasteiger partial charge in [0, 0.05) is 48.7 Å². The number of hydrogen-bond donors (Lipinski definition) is 2. The van der Waals surface area contributed by atoms with E-state index < -0.39 is 0 Å². The lowest BCUT2D eigenvalue weighted by molar-refractivity contribution is 0.629. The van der Waals surface area contributed by atoms with Gasteiger partial charge < -0.3 is 14.9 Å². The van der Waals surface area contributed by atoms with Gasteiger partial charge in [0.05, 0.1) is 11.2 Å². The van der Waals surface area contributed by atoms with E-state index in [0.29, 0.717) is 30.0 Å². The molecule has 0 bridgehead atoms. The molecular formula is C24H23FN6O. The Hall–Kier alpha value is -3.91. The lowest BCUT2D eigenvalue weighted by Gasteiger charge is -2.06. The molecule has 0 aliphatic heterocycles. The molecule has 0 saturated heterocycles. The Kier molecular flexibility index (Phi) is 4.99. The predicted molar refractivity (Wildman–Crippen MR) is 123 cm³/mol. The normalized spacial score (nSPS) is 11.5. The van der Waals surface area contributed by atoms with Crippen molar-refractivity contribution >= 4 is 10.9 Å². The number of aromatic nitrogens is 5. The van der Waals surface area contributed by atoms with Crippen molar-refractivity contribution in [2.45, 2.75) is 13.0 Å². The number of fused-ring (bicyclic) bond motifs is 1. The van der Waals surface area contributed by atoms with Crippen LogP contribution >= 0.6 is 0 Å². The molecule has 3 heterocycles. The Morgan fingerprint density at radius 2 is 1.84 bits per heavy atom. The highest BCUT2D eigenvalue weighted by Gasteiger charge is 2.21. The SMILES string of the molecule is Cn1cc(-c2ccccc2)c(-c2n[nH]c(=O)n2-c2cn(CCCN)c3ccc(F)cc23)c1. The molecule has 3 N–H and O–H groups in total. The molecule has 0 aliphatic carbocycles. The zero-order valence-corrected chi connectivity index (χ0v) is 17.6. The average molecular weight is 430 g/mol. The number of aromatic amines is 1. The van der Waals surface area contributed by atoms with Crippen molar-refractivity contribution in [2.75, 3.05) is 6.54 Å². The minimum Gasteiger partial charge on any atom is -0.356 e. The maximum absolute atomic E-state index is 14.2. The lowest BCUT2D eigenvalue weighted by atomic mass is 10.0. The summed E-state index contributed by atoms with van der Waals surface area (Å²) in [5, 5.41) is 7.57. The lowest BCUT2D eigenvalue weighted by Crippen LogP contribution is -2.15. The maximum atomic E-state index is 14.2. The predicted octanol–water partition coefficient (Wildman–Crippen LogP) is 3.68. The van der Waals surface area contributed by atoms with Gasteiger partial charge in [0.25, 0.3) is 0 Å². The first-order chi connectivity index (χ1) is 15.6. The van der Waals surface area contributed by atoms with Gasteiger partial charge in [-0.2, -0.15) is 5.10 Å². The number of hydrogen-bond acceptors (Lipinski definition) is 3. The number of nitrogens with one attached hydrogen (secondary N) is 1. The largest absolute Gasteiger partial charge is 0.356 e. The molecule has 0 amide bonds. The number of H-pyrrole nitrogens is 1. The number of aryl methyl sites for hydroxylation is 2. The van der Waals surface area contributed by atoms with Crippen LogP contribution < -0.4 is 11.4 Å². The summed E-state index contributed by atoms with van der Waals surface area (Å²) in [6.45, 7) is 1.21. The zero-order chi connectivity index (χ0) is 22.2. The Labute approximate surface area is 183 Å². The summed E-state index contributed by atoms with van der Waals surface area (Å²) in [7, 11) is 1.93. The summed E-state index contributed by atoms with van der Waals surface area (Å²) in [6, 6.07) is 14.5. The number of nitrogens with two attached hydrogens (primary N) is 1. The molecule has 0 spiro atoms. The third-order valence-electron chi connectivity index (χ3n) is 5.62. The van der Waals surface area contributed by atoms with Crippen molar-refractivity contribution in [1.29, 1.82) is 0 Å². The third-order valence-corrected chi connectivity index (χ3v) is 5.62. The van der Waals surface area contributed by atoms with Crippen LogP contribution in [0.4, 0.5) is 4.39 Å². The molecule has 0 atom stereocenters. The van der Waals surface area contributed by atoms with E-state index in [1.807, 2.05) is 65.1 Å². The van der Waals surface area contributed by atoms with E-state index in [4.69, 9.17) is 5.73 Å². The van der Waals surface area contributed by atoms with Gasteiger partial charge in [-0.05, 0) is 36.7 Å². The molecule has 5 aromatic rings. The summed E-state index contributed by atoms with van der Waals surface area (Å²) < 4.78 is 19.6. The van der Waals surface area contributed by atoms with Crippen LogP contribution in [-0.2, 0) is 13.6 Å². The fourth-order valence-electron chi connectivity index (χ4n) is 4.19. The molecule has 0 aliphatic rings. The average Bonchev–Trinajstić information content (AvgIpc) is 3.47. The highest BCUT2D eigenvalue weighted by Crippen LogP contribution is 2.34. The molecule has 0 saturated carbocycles. The second-order valence-electron chi connectivity index (χ2n) is 7.82. The van der Waals surface area contributed by atoms with Gasteiger partial charge in [-0.25, -0.2) is 18.9 Å². The fraction of sp³-hybridized carbons (Fsp3) is 0.167. The van der Waals surface area contributed by atoms with Crippen LogP contribution in [0.5, 0.6) is 0 Å². The van der Waals surface area contributed by atoms with E-state index in [1.54, 1.807) is 6.07 Å². The first-order valence-corrected chi connectivity index (χ1v) is 10.4. The number of halogens is 1. The summed E-state index contributed by atoms with van der Waals surface area (Å²) in [5.74, 6) is 0.106. The Bertz CT molecular complexity index is 1460. The summed E-state index contributed by atoms with van der Waals surface area (Å²) in [5.41, 5.74) is 9.50. The number of benzene rings is 2. The second kappa shape index (κ2) is 7.97. The summed E-state index contributed by atoms with van der Waals surface area (Å²) >= 11 is 0. The summed E-state index contributed by atoms with van der Waals surface area (Å²) in [6.07, 6.45) is 6.57. The van der Waals surface area contributed by atoms with Crippen molar-refractivity contribution in [1.82, 2.24) is 23.9 Å². The smallest absolute Gasteiger partial charge is 0.348 e. The molecule has 32 heavy (non-hydrogen) atoms. The van der Waals surface area contributed by atoms with E-state index in [0.717, 1.165) is 28.6 Å². The van der Waals surface area contributed by atoms with Gasteiger partial charge in [0.2, 0.25) is 0 Å². The van der Waals surface area contributed by atoms with E-state index in [2.05, 4.69) is 10.2 Å². The van der Waals surface area contributed by atoms with Crippen LogP contribution in [0.1, 0.15) is 6.42 Å². The summed E-state index contributed by atoms with van der Waals surface area (Å²) in [4.78, 5) is 12.9. The van der Waals surface area contributed by atoms with E-state index in [9.17, 15) is 9.18 Å². The van der Waals surface area contributed by atoms with E-state index in [1.165, 1.54) is 16.7 Å². The second-order valence-corrected chi connectivity index (χ2v) is 7.82. The molecule has 5 rings (SSSR count). The minimum atomic E-state index is -0.384. The van der Waals surface area contributed by atoms with Crippen LogP contribution in [0.25, 0.3) is 39.1 Å². The highest BCUT2D eigenvalue weighted by atomic mass is 19.1. The van der Waals surface area contributed by atoms with Gasteiger partial charge in [0.15, 0.2) is 5.82 Å². The van der Waals surface area contributed by atoms with E-state index >= 15 is 0 Å². The highest BCUT2D eigenvalue weighted by molar-refractivity contribution is 5.90. The van der Waals surface area contributed by atoms with E-state index in [-0.39, 0.29) is 11.5 Å². The molecule has 162 valence electrons. The zero-order valence-electron chi connectivity index (χ0n) is 17.6. The van der Waals surface area contributed by atoms with Crippen molar-refractivity contribution < 1.29 is 4.39 Å². The molecule has 8 heteroatoms. The number of rotatable bonds is 6. The molecule has 3 aromatic heterocycles. The van der Waals surface area contributed by atoms with Crippen molar-refractivity contribution in [2.24, 2.45) is 12.8 Å². The maximum Gasteiger partial charge on any atom is 0.348 e. The Morgan fingerprint density at radius 3 is 2.62 bits per heavy atom. The molecule has 0 fully saturated rings. The van der Waals surface area contributed by atoms with Gasteiger partial charge in [0.1, 0.15) is 5.82 Å². The van der Waals surface area contributed by atoms with Gasteiger partial charge >= 0.3 is 5.69 Å². The first kappa shape index (κ1) is 20.0. The van der Waals surface area contributed by atoms with Crippen molar-refractivity contribution in [3.05, 3.63) is 83.4 Å². The molecule has 7 nitrogen and oxygen atoms in total. The van der Waals surface area contributed by atoms with Crippen LogP contribution in [0.2, 0.25) is 0 Å². The molecule has 0 unspecified atom stereocenters. The van der Waals surface area contributed by atoms with Gasteiger partial charge in [-0.1, -0.05) is 30.3 Å². The molecular weight excluding hydrogens is 407 g/mol. The Balaban J connectivity index is 1.75. The van der Waals surface area contributed by atoms with Crippen molar-refractivity contribution in [3.63, 3.8) is 0 Å². The van der Waals surface area contributed by atoms with Crippen LogP contribution in [-0.4, -0.2) is 30.4 Å². The van der Waals surface area contributed by atoms with Crippen LogP contribution in [0, 0.1) is 5.82 Å². The topological polar surface area (TPSA) is 86.6 Å². The van der Waals surface area contributed by atoms with Crippen LogP contribution in [0.3, 0.4) is 0 Å². The number of nitrogens with zero attached hydrogens (tertiary/aromatic N) is 4.